The van der Waals surface area contributed by atoms with Crippen molar-refractivity contribution in [3.05, 3.63) is 12.2 Å². The summed E-state index contributed by atoms with van der Waals surface area (Å²) in [6, 6.07) is 0. The van der Waals surface area contributed by atoms with Gasteiger partial charge in [0, 0.05) is 0 Å². The van der Waals surface area contributed by atoms with Gasteiger partial charge in [-0.15, -0.1) is 0 Å². The van der Waals surface area contributed by atoms with E-state index >= 15 is 0 Å². The Morgan fingerprint density at radius 2 is 1.45 bits per heavy atom. The Kier molecular flexibility index (Phi) is 5.23. The topological polar surface area (TPSA) is 60.7 Å². The zero-order chi connectivity index (χ0) is 24.4. The fourth-order valence-corrected chi connectivity index (χ4v) is 11.6. The number of rotatable bonds is 1. The Balaban J connectivity index is 1.56. The minimum absolute atomic E-state index is 0.0191. The van der Waals surface area contributed by atoms with Crippen LogP contribution in [0, 0.1) is 56.7 Å². The molecule has 0 heterocycles. The highest BCUT2D eigenvalue weighted by atomic mass is 16.3. The molecule has 0 aliphatic heterocycles. The average molecular weight is 459 g/mol. The second kappa shape index (κ2) is 7.10. The number of fused-ring (bicyclic) bond motifs is 7. The standard InChI is InChI=1S/C30H50O3/c1-17(2)18-15-23(32)27(5)13-14-29(7)19(24(18)27)9-10-22-28(6)16-20(31)25(33)26(3,4)21(28)11-12-30(22,29)8/h18-25,31-33H,1,9-16H2,2-8H3/t18-,19+,20-,21-,22+,23-,24+,25-,27-,28-,29+,30+/m0/s1. The molecule has 0 bridgehead atoms. The lowest BCUT2D eigenvalue weighted by molar-refractivity contribution is -0.264. The van der Waals surface area contributed by atoms with Crippen molar-refractivity contribution in [2.24, 2.45) is 56.7 Å². The van der Waals surface area contributed by atoms with Crippen molar-refractivity contribution < 1.29 is 15.3 Å². The highest BCUT2D eigenvalue weighted by Gasteiger charge is 2.71. The lowest BCUT2D eigenvalue weighted by Gasteiger charge is -2.73. The summed E-state index contributed by atoms with van der Waals surface area (Å²) >= 11 is 0. The Labute approximate surface area is 202 Å². The summed E-state index contributed by atoms with van der Waals surface area (Å²) in [5, 5.41) is 33.1. The predicted octanol–water partition coefficient (Wildman–Crippen LogP) is 5.97. The molecule has 3 heteroatoms. The van der Waals surface area contributed by atoms with E-state index in [0.717, 1.165) is 25.7 Å². The van der Waals surface area contributed by atoms with E-state index in [4.69, 9.17) is 0 Å². The molecule has 188 valence electrons. The predicted molar refractivity (Wildman–Crippen MR) is 133 cm³/mol. The third kappa shape index (κ3) is 2.80. The maximum absolute atomic E-state index is 11.2. The third-order valence-electron chi connectivity index (χ3n) is 13.6. The van der Waals surface area contributed by atoms with Crippen LogP contribution in [0.4, 0.5) is 0 Å². The van der Waals surface area contributed by atoms with Crippen molar-refractivity contribution in [2.45, 2.75) is 118 Å². The lowest BCUT2D eigenvalue weighted by atomic mass is 9.32. The molecule has 5 aliphatic rings. The summed E-state index contributed by atoms with van der Waals surface area (Å²) in [5.41, 5.74) is 1.57. The number of hydrogen-bond donors (Lipinski definition) is 3. The van der Waals surface area contributed by atoms with Crippen molar-refractivity contribution in [1.82, 2.24) is 0 Å². The van der Waals surface area contributed by atoms with Crippen LogP contribution in [0.2, 0.25) is 0 Å². The van der Waals surface area contributed by atoms with Crippen LogP contribution >= 0.6 is 0 Å². The van der Waals surface area contributed by atoms with Crippen LogP contribution < -0.4 is 0 Å². The molecule has 5 saturated carbocycles. The number of aliphatic hydroxyl groups is 3. The maximum Gasteiger partial charge on any atom is 0.0852 e. The second-order valence-electron chi connectivity index (χ2n) is 14.9. The van der Waals surface area contributed by atoms with Gasteiger partial charge in [-0.2, -0.15) is 0 Å². The van der Waals surface area contributed by atoms with Crippen LogP contribution in [0.1, 0.15) is 99.8 Å². The molecule has 5 aliphatic carbocycles. The van der Waals surface area contributed by atoms with Crippen LogP contribution in [0.5, 0.6) is 0 Å². The Hall–Kier alpha value is -0.380. The molecule has 0 aromatic rings. The SMILES string of the molecule is C=C(C)[C@@H]1C[C@H](O)[C@]2(C)CC[C@]3(C)[C@H](CC[C@@H]4[C@@]5(C)C[C@H](O)[C@H](O)C(C)(C)[C@@H]5CC[C@]43C)[C@@H]12. The highest BCUT2D eigenvalue weighted by Crippen LogP contribution is 2.77. The zero-order valence-electron chi connectivity index (χ0n) is 22.3. The van der Waals surface area contributed by atoms with Crippen molar-refractivity contribution >= 4 is 0 Å². The van der Waals surface area contributed by atoms with Gasteiger partial charge in [0.1, 0.15) is 0 Å². The molecule has 5 fully saturated rings. The molecule has 3 nitrogen and oxygen atoms in total. The fraction of sp³-hybridized carbons (Fsp3) is 0.933. The van der Waals surface area contributed by atoms with Crippen LogP contribution in [0.25, 0.3) is 0 Å². The number of hydrogen-bond acceptors (Lipinski definition) is 3. The summed E-state index contributed by atoms with van der Waals surface area (Å²) in [6.45, 7) is 21.0. The van der Waals surface area contributed by atoms with Gasteiger partial charge in [0.15, 0.2) is 0 Å². The van der Waals surface area contributed by atoms with E-state index in [1.165, 1.54) is 31.3 Å². The summed E-state index contributed by atoms with van der Waals surface area (Å²) in [7, 11) is 0. The minimum atomic E-state index is -0.626. The molecule has 0 saturated heterocycles. The van der Waals surface area contributed by atoms with Crippen LogP contribution in [-0.2, 0) is 0 Å². The molecule has 3 N–H and O–H groups in total. The molecule has 33 heavy (non-hydrogen) atoms. The van der Waals surface area contributed by atoms with E-state index in [9.17, 15) is 15.3 Å². The Morgan fingerprint density at radius 1 is 0.788 bits per heavy atom. The first-order valence-electron chi connectivity index (χ1n) is 13.8. The smallest absolute Gasteiger partial charge is 0.0852 e. The summed E-state index contributed by atoms with van der Waals surface area (Å²) in [6.07, 6.45) is 7.31. The lowest BCUT2D eigenvalue weighted by Crippen LogP contribution is -2.68. The van der Waals surface area contributed by atoms with Gasteiger partial charge in [-0.05, 0) is 115 Å². The largest absolute Gasteiger partial charge is 0.393 e. The summed E-state index contributed by atoms with van der Waals surface area (Å²) < 4.78 is 0. The monoisotopic (exact) mass is 458 g/mol. The first kappa shape index (κ1) is 24.3. The molecule has 0 aromatic heterocycles. The van der Waals surface area contributed by atoms with Gasteiger partial charge in [0.25, 0.3) is 0 Å². The molecular weight excluding hydrogens is 408 g/mol. The van der Waals surface area contributed by atoms with Gasteiger partial charge in [0.2, 0.25) is 0 Å². The highest BCUT2D eigenvalue weighted by molar-refractivity contribution is 5.22. The molecule has 0 radical (unpaired) electrons. The summed E-state index contributed by atoms with van der Waals surface area (Å²) in [4.78, 5) is 0. The molecule has 12 atom stereocenters. The zero-order valence-corrected chi connectivity index (χ0v) is 22.3. The molecule has 0 unspecified atom stereocenters. The fourth-order valence-electron chi connectivity index (χ4n) is 11.6. The molecular formula is C30H50O3. The second-order valence-corrected chi connectivity index (χ2v) is 14.9. The van der Waals surface area contributed by atoms with Crippen LogP contribution in [0.3, 0.4) is 0 Å². The van der Waals surface area contributed by atoms with Crippen molar-refractivity contribution in [1.29, 1.82) is 0 Å². The minimum Gasteiger partial charge on any atom is -0.393 e. The van der Waals surface area contributed by atoms with E-state index < -0.39 is 12.2 Å². The Bertz CT molecular complexity index is 834. The molecule has 0 spiro atoms. The normalized spacial score (nSPS) is 59.7. The van der Waals surface area contributed by atoms with Crippen molar-refractivity contribution in [2.75, 3.05) is 0 Å². The van der Waals surface area contributed by atoms with E-state index in [0.29, 0.717) is 29.6 Å². The van der Waals surface area contributed by atoms with E-state index in [2.05, 4.69) is 55.0 Å². The molecule has 0 aromatic carbocycles. The quantitative estimate of drug-likeness (QED) is 0.425. The van der Waals surface area contributed by atoms with Crippen LogP contribution in [-0.4, -0.2) is 33.6 Å². The van der Waals surface area contributed by atoms with Gasteiger partial charge < -0.3 is 15.3 Å². The van der Waals surface area contributed by atoms with E-state index in [1.54, 1.807) is 0 Å². The van der Waals surface area contributed by atoms with Gasteiger partial charge in [0.05, 0.1) is 18.3 Å². The van der Waals surface area contributed by atoms with Gasteiger partial charge >= 0.3 is 0 Å². The van der Waals surface area contributed by atoms with Gasteiger partial charge in [-0.1, -0.05) is 53.7 Å². The average Bonchev–Trinajstić information content (AvgIpc) is 2.98. The number of allylic oxidation sites excluding steroid dienone is 1. The molecule has 0 amide bonds. The third-order valence-corrected chi connectivity index (χ3v) is 13.6. The Morgan fingerprint density at radius 3 is 2.09 bits per heavy atom. The van der Waals surface area contributed by atoms with E-state index in [1.807, 2.05) is 0 Å². The molecule has 5 rings (SSSR count). The summed E-state index contributed by atoms with van der Waals surface area (Å²) in [5.74, 6) is 2.62. The van der Waals surface area contributed by atoms with Gasteiger partial charge in [-0.3, -0.25) is 0 Å². The van der Waals surface area contributed by atoms with Crippen molar-refractivity contribution in [3.8, 4) is 0 Å². The first-order valence-corrected chi connectivity index (χ1v) is 13.8. The van der Waals surface area contributed by atoms with E-state index in [-0.39, 0.29) is 33.2 Å². The maximum atomic E-state index is 11.2. The van der Waals surface area contributed by atoms with Crippen LogP contribution in [0.15, 0.2) is 12.2 Å². The first-order chi connectivity index (χ1) is 15.1. The van der Waals surface area contributed by atoms with Crippen molar-refractivity contribution in [3.63, 3.8) is 0 Å². The number of aliphatic hydroxyl groups excluding tert-OH is 3. The van der Waals surface area contributed by atoms with Gasteiger partial charge in [-0.25, -0.2) is 0 Å².